The lowest BCUT2D eigenvalue weighted by Gasteiger charge is -2.41. The molecule has 0 saturated carbocycles. The molecule has 29 heavy (non-hydrogen) atoms. The highest BCUT2D eigenvalue weighted by molar-refractivity contribution is 5.91. The number of benzene rings is 1. The monoisotopic (exact) mass is 396 g/mol. The Hall–Kier alpha value is -2.73. The van der Waals surface area contributed by atoms with E-state index >= 15 is 0 Å². The second-order valence-corrected chi connectivity index (χ2v) is 7.63. The largest absolute Gasteiger partial charge is 0.493 e. The van der Waals surface area contributed by atoms with Crippen molar-refractivity contribution >= 4 is 12.0 Å². The summed E-state index contributed by atoms with van der Waals surface area (Å²) in [6.45, 7) is 3.46. The molecule has 154 valence electrons. The molecule has 0 radical (unpaired) electrons. The van der Waals surface area contributed by atoms with E-state index in [1.165, 1.54) is 11.1 Å². The highest BCUT2D eigenvalue weighted by atomic mass is 16.5. The minimum atomic E-state index is 0.0508. The van der Waals surface area contributed by atoms with Crippen LogP contribution in [0.4, 0.5) is 0 Å². The van der Waals surface area contributed by atoms with Crippen LogP contribution in [-0.4, -0.2) is 55.6 Å². The van der Waals surface area contributed by atoms with E-state index in [2.05, 4.69) is 17.0 Å². The van der Waals surface area contributed by atoms with E-state index in [9.17, 15) is 4.79 Å². The predicted molar refractivity (Wildman–Crippen MR) is 111 cm³/mol. The summed E-state index contributed by atoms with van der Waals surface area (Å²) in [6.07, 6.45) is 8.10. The zero-order chi connectivity index (χ0) is 20.2. The molecule has 0 bridgehead atoms. The van der Waals surface area contributed by atoms with Gasteiger partial charge in [-0.2, -0.15) is 0 Å². The maximum Gasteiger partial charge on any atom is 0.246 e. The normalized spacial score (nSPS) is 19.9. The summed E-state index contributed by atoms with van der Waals surface area (Å²) >= 11 is 0. The maximum atomic E-state index is 12.6. The summed E-state index contributed by atoms with van der Waals surface area (Å²) in [7, 11) is 3.35. The van der Waals surface area contributed by atoms with Gasteiger partial charge in [0.1, 0.15) is 5.76 Å². The van der Waals surface area contributed by atoms with Gasteiger partial charge in [-0.05, 0) is 60.7 Å². The van der Waals surface area contributed by atoms with Gasteiger partial charge in [0.25, 0.3) is 0 Å². The fourth-order valence-corrected chi connectivity index (χ4v) is 4.31. The Kier molecular flexibility index (Phi) is 5.90. The predicted octanol–water partition coefficient (Wildman–Crippen LogP) is 3.36. The Morgan fingerprint density at radius 1 is 1.17 bits per heavy atom. The fourth-order valence-electron chi connectivity index (χ4n) is 4.31. The van der Waals surface area contributed by atoms with Crippen molar-refractivity contribution in [2.75, 3.05) is 33.9 Å². The van der Waals surface area contributed by atoms with Gasteiger partial charge in [-0.25, -0.2) is 0 Å². The second-order valence-electron chi connectivity index (χ2n) is 7.63. The number of ether oxygens (including phenoxy) is 2. The number of amides is 1. The SMILES string of the molecule is COc1cc2c(cc1OC)CN(C1CCCN(C(=O)/C=C/c3ccco3)C1)CC2. The van der Waals surface area contributed by atoms with Crippen LogP contribution in [0.25, 0.3) is 6.08 Å². The molecule has 6 heteroatoms. The van der Waals surface area contributed by atoms with Crippen molar-refractivity contribution in [3.05, 3.63) is 53.5 Å². The molecule has 1 fully saturated rings. The number of carbonyl (C=O) groups is 1. The smallest absolute Gasteiger partial charge is 0.246 e. The van der Waals surface area contributed by atoms with Crippen LogP contribution in [0.3, 0.4) is 0 Å². The van der Waals surface area contributed by atoms with E-state index in [4.69, 9.17) is 13.9 Å². The van der Waals surface area contributed by atoms with Crippen molar-refractivity contribution in [1.82, 2.24) is 9.80 Å². The molecule has 1 aromatic heterocycles. The van der Waals surface area contributed by atoms with Crippen LogP contribution in [0.1, 0.15) is 29.7 Å². The molecule has 0 N–H and O–H groups in total. The number of hydrogen-bond donors (Lipinski definition) is 0. The number of methoxy groups -OCH3 is 2. The number of hydrogen-bond acceptors (Lipinski definition) is 5. The zero-order valence-corrected chi connectivity index (χ0v) is 17.1. The maximum absolute atomic E-state index is 12.6. The highest BCUT2D eigenvalue weighted by Gasteiger charge is 2.30. The highest BCUT2D eigenvalue weighted by Crippen LogP contribution is 2.34. The number of furan rings is 1. The molecule has 0 aliphatic carbocycles. The first-order chi connectivity index (χ1) is 14.2. The number of carbonyl (C=O) groups excluding carboxylic acids is 1. The average molecular weight is 396 g/mol. The van der Waals surface area contributed by atoms with Gasteiger partial charge in [0, 0.05) is 38.3 Å². The Labute approximate surface area is 171 Å². The van der Waals surface area contributed by atoms with E-state index < -0.39 is 0 Å². The molecule has 1 atom stereocenters. The number of nitrogens with zero attached hydrogens (tertiary/aromatic N) is 2. The quantitative estimate of drug-likeness (QED) is 0.726. The lowest BCUT2D eigenvalue weighted by molar-refractivity contribution is -0.128. The minimum absolute atomic E-state index is 0.0508. The van der Waals surface area contributed by atoms with Crippen LogP contribution in [0.5, 0.6) is 11.5 Å². The van der Waals surface area contributed by atoms with Gasteiger partial charge in [0.15, 0.2) is 11.5 Å². The van der Waals surface area contributed by atoms with Gasteiger partial charge in [0.2, 0.25) is 5.91 Å². The van der Waals surface area contributed by atoms with Gasteiger partial charge in [-0.15, -0.1) is 0 Å². The van der Waals surface area contributed by atoms with Gasteiger partial charge in [-0.1, -0.05) is 0 Å². The first kappa shape index (κ1) is 19.6. The van der Waals surface area contributed by atoms with Crippen molar-refractivity contribution < 1.29 is 18.7 Å². The molecule has 1 aromatic carbocycles. The number of likely N-dealkylation sites (tertiary alicyclic amines) is 1. The third kappa shape index (κ3) is 4.32. The van der Waals surface area contributed by atoms with Crippen LogP contribution in [0.15, 0.2) is 41.0 Å². The molecule has 4 rings (SSSR count). The molecule has 6 nitrogen and oxygen atoms in total. The zero-order valence-electron chi connectivity index (χ0n) is 17.1. The van der Waals surface area contributed by atoms with Crippen molar-refractivity contribution in [2.24, 2.45) is 0 Å². The van der Waals surface area contributed by atoms with Gasteiger partial charge >= 0.3 is 0 Å². The van der Waals surface area contributed by atoms with Crippen LogP contribution in [0.2, 0.25) is 0 Å². The van der Waals surface area contributed by atoms with E-state index in [1.54, 1.807) is 32.6 Å². The van der Waals surface area contributed by atoms with Crippen LogP contribution in [-0.2, 0) is 17.8 Å². The first-order valence-corrected chi connectivity index (χ1v) is 10.2. The van der Waals surface area contributed by atoms with E-state index in [-0.39, 0.29) is 5.91 Å². The van der Waals surface area contributed by atoms with Crippen molar-refractivity contribution in [1.29, 1.82) is 0 Å². The standard InChI is InChI=1S/C23H28N2O4/c1-27-21-13-17-9-11-24(15-18(17)14-22(21)28-2)19-5-3-10-25(16-19)23(26)8-7-20-6-4-12-29-20/h4,6-8,12-14,19H,3,5,9-11,15-16H2,1-2H3/b8-7+. The lowest BCUT2D eigenvalue weighted by Crippen LogP contribution is -2.50. The summed E-state index contributed by atoms with van der Waals surface area (Å²) < 4.78 is 16.2. The summed E-state index contributed by atoms with van der Waals surface area (Å²) in [4.78, 5) is 17.1. The Bertz CT molecular complexity index is 875. The van der Waals surface area contributed by atoms with Crippen LogP contribution in [0, 0.1) is 0 Å². The molecule has 1 unspecified atom stereocenters. The molecule has 2 aliphatic heterocycles. The first-order valence-electron chi connectivity index (χ1n) is 10.2. The second kappa shape index (κ2) is 8.74. The Morgan fingerprint density at radius 2 is 1.97 bits per heavy atom. The minimum Gasteiger partial charge on any atom is -0.493 e. The van der Waals surface area contributed by atoms with Crippen molar-refractivity contribution in [3.8, 4) is 11.5 Å². The molecular weight excluding hydrogens is 368 g/mol. The number of fused-ring (bicyclic) bond motifs is 1. The Balaban J connectivity index is 1.42. The van der Waals surface area contributed by atoms with Gasteiger partial charge < -0.3 is 18.8 Å². The lowest BCUT2D eigenvalue weighted by atomic mass is 9.95. The van der Waals surface area contributed by atoms with E-state index in [0.29, 0.717) is 11.8 Å². The molecule has 3 heterocycles. The summed E-state index contributed by atoms with van der Waals surface area (Å²) in [5.74, 6) is 2.31. The fraction of sp³-hybridized carbons (Fsp3) is 0.435. The van der Waals surface area contributed by atoms with E-state index in [1.807, 2.05) is 17.0 Å². The number of piperidine rings is 1. The number of rotatable bonds is 5. The van der Waals surface area contributed by atoms with Crippen LogP contribution < -0.4 is 9.47 Å². The van der Waals surface area contributed by atoms with Crippen molar-refractivity contribution in [3.63, 3.8) is 0 Å². The molecule has 2 aromatic rings. The topological polar surface area (TPSA) is 55.2 Å². The summed E-state index contributed by atoms with van der Waals surface area (Å²) in [5.41, 5.74) is 2.61. The molecule has 1 amide bonds. The van der Waals surface area contributed by atoms with E-state index in [0.717, 1.165) is 56.9 Å². The third-order valence-corrected chi connectivity index (χ3v) is 5.91. The molecule has 0 spiro atoms. The van der Waals surface area contributed by atoms with Crippen LogP contribution >= 0.6 is 0 Å². The Morgan fingerprint density at radius 3 is 2.69 bits per heavy atom. The third-order valence-electron chi connectivity index (χ3n) is 5.91. The van der Waals surface area contributed by atoms with Crippen molar-refractivity contribution in [2.45, 2.75) is 31.8 Å². The molecule has 2 aliphatic rings. The summed E-state index contributed by atoms with van der Waals surface area (Å²) in [6, 6.07) is 8.24. The summed E-state index contributed by atoms with van der Waals surface area (Å²) in [5, 5.41) is 0. The molecular formula is C23H28N2O4. The average Bonchev–Trinajstić information content (AvgIpc) is 3.29. The van der Waals surface area contributed by atoms with Gasteiger partial charge in [0.05, 0.1) is 20.5 Å². The molecule has 1 saturated heterocycles. The van der Waals surface area contributed by atoms with Gasteiger partial charge in [-0.3, -0.25) is 9.69 Å².